The molecule has 0 spiro atoms. The van der Waals surface area contributed by atoms with Crippen LogP contribution in [0.15, 0.2) is 30.5 Å². The Bertz CT molecular complexity index is 864. The van der Waals surface area contributed by atoms with Gasteiger partial charge in [0.25, 0.3) is 0 Å². The number of hydrogen-bond donors (Lipinski definition) is 3. The third-order valence-corrected chi connectivity index (χ3v) is 5.83. The third kappa shape index (κ3) is 5.90. The first kappa shape index (κ1) is 20.6. The van der Waals surface area contributed by atoms with E-state index in [1.54, 1.807) is 12.1 Å². The zero-order valence-electron chi connectivity index (χ0n) is 17.3. The van der Waals surface area contributed by atoms with Crippen molar-refractivity contribution >= 4 is 23.4 Å². The van der Waals surface area contributed by atoms with Crippen LogP contribution in [0.1, 0.15) is 62.8 Å². The van der Waals surface area contributed by atoms with Crippen LogP contribution in [-0.4, -0.2) is 29.0 Å². The number of carbonyl (C=O) groups is 1. The molecular weight excluding hydrogens is 381 g/mol. The van der Waals surface area contributed by atoms with Gasteiger partial charge in [-0.15, -0.1) is 0 Å². The minimum atomic E-state index is -0.303. The summed E-state index contributed by atoms with van der Waals surface area (Å²) >= 11 is 0. The molecule has 0 aliphatic heterocycles. The van der Waals surface area contributed by atoms with E-state index in [4.69, 9.17) is 0 Å². The van der Waals surface area contributed by atoms with Gasteiger partial charge in [0.15, 0.2) is 0 Å². The summed E-state index contributed by atoms with van der Waals surface area (Å²) in [5, 5.41) is 9.50. The van der Waals surface area contributed by atoms with Crippen LogP contribution in [0.5, 0.6) is 0 Å². The molecule has 4 rings (SSSR count). The monoisotopic (exact) mass is 411 g/mol. The highest BCUT2D eigenvalue weighted by molar-refractivity contribution is 5.76. The van der Waals surface area contributed by atoms with E-state index in [-0.39, 0.29) is 11.7 Å². The van der Waals surface area contributed by atoms with Gasteiger partial charge in [0.1, 0.15) is 11.6 Å². The SMILES string of the molecule is O=C(CC1CCCC1)NCCCNc1nc(Nc2cccc(F)c2)ncc1C1CC1. The molecule has 1 amide bonds. The van der Waals surface area contributed by atoms with Crippen LogP contribution in [0, 0.1) is 11.7 Å². The predicted octanol–water partition coefficient (Wildman–Crippen LogP) is 4.74. The number of aromatic nitrogens is 2. The maximum atomic E-state index is 13.4. The van der Waals surface area contributed by atoms with Gasteiger partial charge in [-0.05, 0) is 62.1 Å². The summed E-state index contributed by atoms with van der Waals surface area (Å²) in [6, 6.07) is 6.25. The smallest absolute Gasteiger partial charge is 0.229 e. The van der Waals surface area contributed by atoms with E-state index in [0.29, 0.717) is 36.4 Å². The molecule has 0 atom stereocenters. The fraction of sp³-hybridized carbons (Fsp3) is 0.522. The van der Waals surface area contributed by atoms with Crippen LogP contribution < -0.4 is 16.0 Å². The van der Waals surface area contributed by atoms with Crippen molar-refractivity contribution in [1.82, 2.24) is 15.3 Å². The van der Waals surface area contributed by atoms with E-state index in [1.165, 1.54) is 37.8 Å². The summed E-state index contributed by atoms with van der Waals surface area (Å²) in [4.78, 5) is 21.1. The van der Waals surface area contributed by atoms with Gasteiger partial charge < -0.3 is 16.0 Å². The second kappa shape index (κ2) is 9.87. The third-order valence-electron chi connectivity index (χ3n) is 5.83. The lowest BCUT2D eigenvalue weighted by atomic mass is 10.0. The molecule has 6 nitrogen and oxygen atoms in total. The number of benzene rings is 1. The molecule has 1 aromatic heterocycles. The average Bonchev–Trinajstić information content (AvgIpc) is 3.44. The highest BCUT2D eigenvalue weighted by Crippen LogP contribution is 2.42. The largest absolute Gasteiger partial charge is 0.370 e. The van der Waals surface area contributed by atoms with Gasteiger partial charge in [-0.25, -0.2) is 9.37 Å². The van der Waals surface area contributed by atoms with Crippen molar-refractivity contribution in [2.45, 2.75) is 57.3 Å². The van der Waals surface area contributed by atoms with Crippen molar-refractivity contribution in [2.75, 3.05) is 23.7 Å². The molecule has 0 saturated heterocycles. The second-order valence-electron chi connectivity index (χ2n) is 8.39. The molecule has 2 fully saturated rings. The minimum absolute atomic E-state index is 0.171. The Labute approximate surface area is 177 Å². The number of carbonyl (C=O) groups excluding carboxylic acids is 1. The molecule has 30 heavy (non-hydrogen) atoms. The van der Waals surface area contributed by atoms with Crippen LogP contribution >= 0.6 is 0 Å². The molecule has 0 bridgehead atoms. The van der Waals surface area contributed by atoms with E-state index >= 15 is 0 Å². The first-order valence-corrected chi connectivity index (χ1v) is 11.1. The van der Waals surface area contributed by atoms with Gasteiger partial charge in [-0.2, -0.15) is 4.98 Å². The topological polar surface area (TPSA) is 78.9 Å². The van der Waals surface area contributed by atoms with Crippen molar-refractivity contribution in [3.05, 3.63) is 41.8 Å². The number of anilines is 3. The van der Waals surface area contributed by atoms with Crippen molar-refractivity contribution in [3.63, 3.8) is 0 Å². The van der Waals surface area contributed by atoms with Crippen LogP contribution in [0.4, 0.5) is 21.8 Å². The predicted molar refractivity (Wildman–Crippen MR) is 116 cm³/mol. The van der Waals surface area contributed by atoms with Crippen LogP contribution in [0.2, 0.25) is 0 Å². The van der Waals surface area contributed by atoms with E-state index in [9.17, 15) is 9.18 Å². The Balaban J connectivity index is 1.27. The lowest BCUT2D eigenvalue weighted by Gasteiger charge is -2.13. The summed E-state index contributed by atoms with van der Waals surface area (Å²) in [5.74, 6) is 2.23. The molecular formula is C23H30FN5O. The Morgan fingerprint density at radius 2 is 1.97 bits per heavy atom. The molecule has 2 aliphatic carbocycles. The lowest BCUT2D eigenvalue weighted by Crippen LogP contribution is -2.27. The molecule has 1 aromatic carbocycles. The van der Waals surface area contributed by atoms with E-state index in [2.05, 4.69) is 25.9 Å². The normalized spacial score (nSPS) is 16.4. The number of nitrogens with zero attached hydrogens (tertiary/aromatic N) is 2. The quantitative estimate of drug-likeness (QED) is 0.493. The fourth-order valence-electron chi connectivity index (χ4n) is 4.05. The number of hydrogen-bond acceptors (Lipinski definition) is 5. The van der Waals surface area contributed by atoms with E-state index < -0.39 is 0 Å². The minimum Gasteiger partial charge on any atom is -0.370 e. The molecule has 0 radical (unpaired) electrons. The van der Waals surface area contributed by atoms with Gasteiger partial charge >= 0.3 is 0 Å². The van der Waals surface area contributed by atoms with Gasteiger partial charge in [-0.3, -0.25) is 4.79 Å². The zero-order chi connectivity index (χ0) is 20.8. The van der Waals surface area contributed by atoms with Gasteiger partial charge in [-0.1, -0.05) is 18.9 Å². The standard InChI is InChI=1S/C23H30FN5O/c24-18-7-3-8-19(14-18)28-23-27-15-20(17-9-10-17)22(29-23)26-12-4-11-25-21(30)13-16-5-1-2-6-16/h3,7-8,14-17H,1-2,4-6,9-13H2,(H,25,30)(H2,26,27,28,29). The fourth-order valence-corrected chi connectivity index (χ4v) is 4.05. The zero-order valence-corrected chi connectivity index (χ0v) is 17.3. The van der Waals surface area contributed by atoms with Crippen LogP contribution in [0.3, 0.4) is 0 Å². The molecule has 2 saturated carbocycles. The Hall–Kier alpha value is -2.70. The van der Waals surface area contributed by atoms with E-state index in [1.807, 2.05) is 6.20 Å². The molecule has 2 aliphatic rings. The molecule has 2 aromatic rings. The Kier molecular flexibility index (Phi) is 6.77. The molecule has 3 N–H and O–H groups in total. The Morgan fingerprint density at radius 1 is 1.13 bits per heavy atom. The second-order valence-corrected chi connectivity index (χ2v) is 8.39. The number of amides is 1. The summed E-state index contributed by atoms with van der Waals surface area (Å²) in [7, 11) is 0. The number of nitrogens with one attached hydrogen (secondary N) is 3. The first-order chi connectivity index (χ1) is 14.7. The molecule has 0 unspecified atom stereocenters. The van der Waals surface area contributed by atoms with Gasteiger partial charge in [0.05, 0.1) is 0 Å². The average molecular weight is 412 g/mol. The summed E-state index contributed by atoms with van der Waals surface area (Å²) in [6.45, 7) is 1.39. The van der Waals surface area contributed by atoms with Gasteiger partial charge in [0.2, 0.25) is 11.9 Å². The van der Waals surface area contributed by atoms with Crippen LogP contribution in [0.25, 0.3) is 0 Å². The summed E-state index contributed by atoms with van der Waals surface area (Å²) < 4.78 is 13.4. The van der Waals surface area contributed by atoms with Crippen LogP contribution in [-0.2, 0) is 4.79 Å². The van der Waals surface area contributed by atoms with Crippen molar-refractivity contribution in [2.24, 2.45) is 5.92 Å². The van der Waals surface area contributed by atoms with Gasteiger partial charge in [0, 0.05) is 37.0 Å². The van der Waals surface area contributed by atoms with Crippen molar-refractivity contribution < 1.29 is 9.18 Å². The Morgan fingerprint density at radius 3 is 2.73 bits per heavy atom. The number of halogens is 1. The molecule has 1 heterocycles. The highest BCUT2D eigenvalue weighted by Gasteiger charge is 2.27. The maximum Gasteiger partial charge on any atom is 0.229 e. The summed E-state index contributed by atoms with van der Waals surface area (Å²) in [6.07, 6.45) is 10.6. The molecule has 160 valence electrons. The maximum absolute atomic E-state index is 13.4. The summed E-state index contributed by atoms with van der Waals surface area (Å²) in [5.41, 5.74) is 1.75. The number of rotatable bonds is 10. The van der Waals surface area contributed by atoms with Crippen molar-refractivity contribution in [1.29, 1.82) is 0 Å². The first-order valence-electron chi connectivity index (χ1n) is 11.1. The van der Waals surface area contributed by atoms with Crippen molar-refractivity contribution in [3.8, 4) is 0 Å². The highest BCUT2D eigenvalue weighted by atomic mass is 19.1. The molecule has 7 heteroatoms. The van der Waals surface area contributed by atoms with E-state index in [0.717, 1.165) is 37.2 Å². The lowest BCUT2D eigenvalue weighted by molar-refractivity contribution is -0.121.